The number of thioether (sulfide) groups is 1. The van der Waals surface area contributed by atoms with Crippen molar-refractivity contribution in [3.05, 3.63) is 52.2 Å². The number of rotatable bonds is 9. The molecule has 0 aliphatic heterocycles. The molecular weight excluding hydrogens is 546 g/mol. The summed E-state index contributed by atoms with van der Waals surface area (Å²) in [6, 6.07) is 9.04. The molecule has 1 aromatic carbocycles. The molecule has 4 aliphatic carbocycles. The maximum atomic E-state index is 13.2. The predicted octanol–water partition coefficient (Wildman–Crippen LogP) is 5.80. The van der Waals surface area contributed by atoms with Crippen LogP contribution in [0, 0.1) is 24.7 Å². The van der Waals surface area contributed by atoms with E-state index in [1.165, 1.54) is 50.3 Å². The van der Waals surface area contributed by atoms with E-state index in [0.717, 1.165) is 34.9 Å². The third-order valence-corrected chi connectivity index (χ3v) is 10.5. The topological polar surface area (TPSA) is 126 Å². The number of hydrogen-bond donors (Lipinski definition) is 3. The Morgan fingerprint density at radius 2 is 1.75 bits per heavy atom. The molecule has 2 aromatic heterocycles. The molecule has 7 rings (SSSR count). The van der Waals surface area contributed by atoms with Crippen molar-refractivity contribution in [1.82, 2.24) is 15.2 Å². The Bertz CT molecular complexity index is 1400. The fourth-order valence-corrected chi connectivity index (χ4v) is 8.94. The molecule has 0 unspecified atom stereocenters. The Balaban J connectivity index is 1.15. The van der Waals surface area contributed by atoms with Gasteiger partial charge in [-0.15, -0.1) is 16.4 Å². The Morgan fingerprint density at radius 3 is 2.40 bits per heavy atom. The molecule has 4 saturated carbocycles. The molecule has 2 heterocycles. The fraction of sp³-hybridized carbons (Fsp3) is 0.483. The number of ether oxygens (including phenoxy) is 1. The number of nitrogens with zero attached hydrogens (tertiary/aromatic N) is 2. The minimum Gasteiger partial charge on any atom is -0.462 e. The molecule has 2 amide bonds. The van der Waals surface area contributed by atoms with Crippen molar-refractivity contribution in [1.29, 1.82) is 0 Å². The Hall–Kier alpha value is -3.18. The summed E-state index contributed by atoms with van der Waals surface area (Å²) in [5.41, 5.74) is 1.44. The number of benzene rings is 1. The van der Waals surface area contributed by atoms with Gasteiger partial charge in [-0.05, 0) is 87.8 Å². The van der Waals surface area contributed by atoms with Crippen molar-refractivity contribution in [3.8, 4) is 0 Å². The molecule has 3 aromatic rings. The number of nitrogens with one attached hydrogen (secondary N) is 3. The standard InChI is InChI=1S/C29H33N5O4S2/c1-3-38-26(37)23-16(2)22(24(36)30-20-7-5-4-6-8-20)25(40-23)31-21(35)15-39-28-32-27(33-34-28)29-12-17-9-18(13-29)11-19(10-17)14-29/h4-8,17-19H,3,9-15H2,1-2H3,(H,30,36)(H,31,35)(H,32,33,34). The Morgan fingerprint density at radius 1 is 1.07 bits per heavy atom. The van der Waals surface area contributed by atoms with Gasteiger partial charge < -0.3 is 15.4 Å². The molecule has 4 fully saturated rings. The van der Waals surface area contributed by atoms with Crippen LogP contribution in [-0.4, -0.2) is 45.3 Å². The number of aromatic amines is 1. The molecule has 0 atom stereocenters. The second kappa shape index (κ2) is 11.0. The van der Waals surface area contributed by atoms with Gasteiger partial charge in [-0.1, -0.05) is 30.0 Å². The largest absolute Gasteiger partial charge is 0.462 e. The number of carbonyl (C=O) groups is 3. The van der Waals surface area contributed by atoms with Crippen LogP contribution in [0.1, 0.15) is 76.9 Å². The van der Waals surface area contributed by atoms with Gasteiger partial charge in [0.1, 0.15) is 15.7 Å². The van der Waals surface area contributed by atoms with Crippen LogP contribution >= 0.6 is 23.1 Å². The highest BCUT2D eigenvalue weighted by atomic mass is 32.2. The maximum Gasteiger partial charge on any atom is 0.348 e. The highest BCUT2D eigenvalue weighted by Gasteiger charge is 2.53. The first kappa shape index (κ1) is 27.0. The number of esters is 1. The second-order valence-corrected chi connectivity index (χ2v) is 13.3. The highest BCUT2D eigenvalue weighted by molar-refractivity contribution is 7.99. The highest BCUT2D eigenvalue weighted by Crippen LogP contribution is 2.60. The zero-order chi connectivity index (χ0) is 27.9. The first-order chi connectivity index (χ1) is 19.3. The van der Waals surface area contributed by atoms with Crippen LogP contribution < -0.4 is 10.6 Å². The molecule has 4 aliphatic rings. The number of carbonyl (C=O) groups excluding carboxylic acids is 3. The van der Waals surface area contributed by atoms with E-state index in [2.05, 4.69) is 20.8 Å². The molecule has 9 nitrogen and oxygen atoms in total. The first-order valence-corrected chi connectivity index (χ1v) is 15.7. The molecule has 3 N–H and O–H groups in total. The molecule has 40 heavy (non-hydrogen) atoms. The van der Waals surface area contributed by atoms with E-state index in [1.807, 2.05) is 18.2 Å². The summed E-state index contributed by atoms with van der Waals surface area (Å²) in [7, 11) is 0. The van der Waals surface area contributed by atoms with Gasteiger partial charge in [-0.3, -0.25) is 14.7 Å². The smallest absolute Gasteiger partial charge is 0.348 e. The second-order valence-electron chi connectivity index (χ2n) is 11.3. The van der Waals surface area contributed by atoms with Crippen molar-refractivity contribution < 1.29 is 19.1 Å². The van der Waals surface area contributed by atoms with Crippen molar-refractivity contribution in [3.63, 3.8) is 0 Å². The lowest BCUT2D eigenvalue weighted by molar-refractivity contribution is -0.113. The zero-order valence-electron chi connectivity index (χ0n) is 22.6. The minimum atomic E-state index is -0.522. The van der Waals surface area contributed by atoms with Crippen molar-refractivity contribution >= 4 is 51.6 Å². The molecule has 11 heteroatoms. The van der Waals surface area contributed by atoms with Crippen molar-refractivity contribution in [2.75, 3.05) is 23.0 Å². The molecule has 0 saturated heterocycles. The van der Waals surface area contributed by atoms with Gasteiger partial charge in [0, 0.05) is 11.1 Å². The average molecular weight is 580 g/mol. The van der Waals surface area contributed by atoms with Crippen LogP contribution in [0.5, 0.6) is 0 Å². The van der Waals surface area contributed by atoms with Crippen molar-refractivity contribution in [2.45, 2.75) is 62.9 Å². The molecule has 0 radical (unpaired) electrons. The van der Waals surface area contributed by atoms with Crippen LogP contribution in [-0.2, 0) is 14.9 Å². The number of aromatic nitrogens is 3. The van der Waals surface area contributed by atoms with Gasteiger partial charge in [-0.2, -0.15) is 0 Å². The molecule has 0 spiro atoms. The lowest BCUT2D eigenvalue weighted by Crippen LogP contribution is -2.49. The van der Waals surface area contributed by atoms with E-state index in [9.17, 15) is 14.4 Å². The lowest BCUT2D eigenvalue weighted by Gasteiger charge is -2.55. The van der Waals surface area contributed by atoms with E-state index in [0.29, 0.717) is 21.4 Å². The average Bonchev–Trinajstić information content (AvgIpc) is 3.52. The van der Waals surface area contributed by atoms with Crippen molar-refractivity contribution in [2.24, 2.45) is 17.8 Å². The van der Waals surface area contributed by atoms with Crippen LogP contribution in [0.3, 0.4) is 0 Å². The quantitative estimate of drug-likeness (QED) is 0.216. The Kier molecular flexibility index (Phi) is 7.43. The predicted molar refractivity (Wildman–Crippen MR) is 155 cm³/mol. The number of amides is 2. The normalized spacial score (nSPS) is 24.6. The summed E-state index contributed by atoms with van der Waals surface area (Å²) in [5.74, 6) is 2.22. The minimum absolute atomic E-state index is 0.0730. The first-order valence-electron chi connectivity index (χ1n) is 13.9. The monoisotopic (exact) mass is 579 g/mol. The van der Waals surface area contributed by atoms with E-state index in [4.69, 9.17) is 9.72 Å². The number of H-pyrrole nitrogens is 1. The van der Waals surface area contributed by atoms with Crippen LogP contribution in [0.25, 0.3) is 0 Å². The third kappa shape index (κ3) is 5.28. The summed E-state index contributed by atoms with van der Waals surface area (Å²) < 4.78 is 5.18. The van der Waals surface area contributed by atoms with Gasteiger partial charge in [0.05, 0.1) is 17.9 Å². The number of hydrogen-bond acceptors (Lipinski definition) is 8. The SMILES string of the molecule is CCOC(=O)c1sc(NC(=O)CSc2n[nH]c(C34CC5CC(CC(C5)C3)C4)n2)c(C(=O)Nc2ccccc2)c1C. The van der Waals surface area contributed by atoms with E-state index >= 15 is 0 Å². The van der Waals surface area contributed by atoms with E-state index in [-0.39, 0.29) is 34.1 Å². The van der Waals surface area contributed by atoms with E-state index < -0.39 is 11.9 Å². The Labute approximate surface area is 241 Å². The summed E-state index contributed by atoms with van der Waals surface area (Å²) >= 11 is 2.31. The van der Waals surface area contributed by atoms with Gasteiger partial charge in [0.25, 0.3) is 5.91 Å². The fourth-order valence-electron chi connectivity index (χ4n) is 7.22. The zero-order valence-corrected chi connectivity index (χ0v) is 24.3. The van der Waals surface area contributed by atoms with Crippen LogP contribution in [0.4, 0.5) is 10.7 Å². The van der Waals surface area contributed by atoms with Gasteiger partial charge >= 0.3 is 5.97 Å². The van der Waals surface area contributed by atoms with Gasteiger partial charge in [-0.25, -0.2) is 9.78 Å². The molecule has 210 valence electrons. The maximum absolute atomic E-state index is 13.2. The van der Waals surface area contributed by atoms with E-state index in [1.54, 1.807) is 26.0 Å². The third-order valence-electron chi connectivity index (χ3n) is 8.46. The summed E-state index contributed by atoms with van der Waals surface area (Å²) in [5, 5.41) is 14.2. The number of para-hydroxylation sites is 1. The summed E-state index contributed by atoms with van der Waals surface area (Å²) in [6.45, 7) is 3.62. The van der Waals surface area contributed by atoms with Gasteiger partial charge in [0.15, 0.2) is 0 Å². The van der Waals surface area contributed by atoms with Crippen LogP contribution in [0.15, 0.2) is 35.5 Å². The summed E-state index contributed by atoms with van der Waals surface area (Å²) in [6.07, 6.45) is 7.65. The molecule has 4 bridgehead atoms. The lowest BCUT2D eigenvalue weighted by atomic mass is 9.49. The number of thiophene rings is 1. The molecular formula is C29H33N5O4S2. The number of anilines is 2. The summed E-state index contributed by atoms with van der Waals surface area (Å²) in [4.78, 5) is 43.9. The van der Waals surface area contributed by atoms with Gasteiger partial charge in [0.2, 0.25) is 11.1 Å². The van der Waals surface area contributed by atoms with Crippen LogP contribution in [0.2, 0.25) is 0 Å².